The Bertz CT molecular complexity index is 1130. The first-order valence-electron chi connectivity index (χ1n) is 8.85. The second-order valence-electron chi connectivity index (χ2n) is 6.27. The van der Waals surface area contributed by atoms with Crippen LogP contribution < -0.4 is 19.5 Å². The van der Waals surface area contributed by atoms with Crippen LogP contribution in [0.3, 0.4) is 0 Å². The van der Waals surface area contributed by atoms with Crippen molar-refractivity contribution in [1.29, 1.82) is 0 Å². The number of ether oxygens (including phenoxy) is 3. The van der Waals surface area contributed by atoms with E-state index in [0.29, 0.717) is 40.2 Å². The largest absolute Gasteiger partial charge is 0.493 e. The smallest absolute Gasteiger partial charge is 0.203 e. The summed E-state index contributed by atoms with van der Waals surface area (Å²) in [6, 6.07) is 11.1. The van der Waals surface area contributed by atoms with Crippen LogP contribution in [0.1, 0.15) is 5.56 Å². The van der Waals surface area contributed by atoms with Crippen LogP contribution in [-0.4, -0.2) is 46.1 Å². The lowest BCUT2D eigenvalue weighted by Crippen LogP contribution is -2.02. The Labute approximate surface area is 167 Å². The predicted molar refractivity (Wildman–Crippen MR) is 108 cm³/mol. The van der Waals surface area contributed by atoms with E-state index in [-0.39, 0.29) is 0 Å². The van der Waals surface area contributed by atoms with Gasteiger partial charge in [-0.2, -0.15) is 4.52 Å². The third-order valence-corrected chi connectivity index (χ3v) is 4.34. The average molecular weight is 392 g/mol. The summed E-state index contributed by atoms with van der Waals surface area (Å²) < 4.78 is 17.8. The number of nitrogens with zero attached hydrogens (tertiary/aromatic N) is 5. The van der Waals surface area contributed by atoms with Crippen LogP contribution in [0.5, 0.6) is 17.2 Å². The van der Waals surface area contributed by atoms with E-state index >= 15 is 0 Å². The Hall–Kier alpha value is -3.88. The van der Waals surface area contributed by atoms with Gasteiger partial charge >= 0.3 is 0 Å². The zero-order valence-corrected chi connectivity index (χ0v) is 16.5. The second-order valence-corrected chi connectivity index (χ2v) is 6.27. The maximum absolute atomic E-state index is 5.40. The van der Waals surface area contributed by atoms with Gasteiger partial charge in [0.15, 0.2) is 23.0 Å². The van der Waals surface area contributed by atoms with Gasteiger partial charge in [-0.15, -0.1) is 15.3 Å². The van der Waals surface area contributed by atoms with Gasteiger partial charge in [-0.25, -0.2) is 0 Å². The summed E-state index contributed by atoms with van der Waals surface area (Å²) in [5, 5.41) is 16.3. The Morgan fingerprint density at radius 1 is 0.897 bits per heavy atom. The number of fused-ring (bicyclic) bond motifs is 1. The minimum atomic E-state index is 0.524. The molecule has 1 aromatic carbocycles. The molecule has 3 heterocycles. The molecule has 0 aliphatic carbocycles. The van der Waals surface area contributed by atoms with Gasteiger partial charge in [0.05, 0.1) is 21.3 Å². The molecule has 0 aliphatic heterocycles. The molecular formula is C20H20N6O3. The molecule has 0 saturated heterocycles. The van der Waals surface area contributed by atoms with Crippen LogP contribution in [0.2, 0.25) is 0 Å². The minimum absolute atomic E-state index is 0.524. The molecule has 0 saturated carbocycles. The van der Waals surface area contributed by atoms with Crippen molar-refractivity contribution in [3.63, 3.8) is 0 Å². The summed E-state index contributed by atoms with van der Waals surface area (Å²) in [6.07, 6.45) is 1.79. The van der Waals surface area contributed by atoms with Crippen LogP contribution in [-0.2, 0) is 0 Å². The molecule has 1 N–H and O–H groups in total. The van der Waals surface area contributed by atoms with Crippen LogP contribution >= 0.6 is 0 Å². The number of benzene rings is 1. The van der Waals surface area contributed by atoms with Crippen molar-refractivity contribution in [3.8, 4) is 28.8 Å². The van der Waals surface area contributed by atoms with Gasteiger partial charge in [0, 0.05) is 24.0 Å². The lowest BCUT2D eigenvalue weighted by atomic mass is 10.2. The van der Waals surface area contributed by atoms with Crippen molar-refractivity contribution < 1.29 is 14.2 Å². The number of aromatic nitrogens is 5. The SMILES string of the molecule is COc1cc(Nc2ccc3nnc(-c4ccc(C)cn4)n3n2)cc(OC)c1OC. The number of anilines is 2. The van der Waals surface area contributed by atoms with Gasteiger partial charge in [0.1, 0.15) is 5.69 Å². The quantitative estimate of drug-likeness (QED) is 0.534. The van der Waals surface area contributed by atoms with E-state index in [9.17, 15) is 0 Å². The molecule has 0 radical (unpaired) electrons. The van der Waals surface area contributed by atoms with E-state index in [0.717, 1.165) is 11.3 Å². The summed E-state index contributed by atoms with van der Waals surface area (Å²) >= 11 is 0. The van der Waals surface area contributed by atoms with E-state index in [4.69, 9.17) is 14.2 Å². The van der Waals surface area contributed by atoms with Crippen molar-refractivity contribution in [3.05, 3.63) is 48.2 Å². The number of rotatable bonds is 6. The fourth-order valence-corrected chi connectivity index (χ4v) is 2.92. The molecule has 9 heteroatoms. The summed E-state index contributed by atoms with van der Waals surface area (Å²) in [5.74, 6) is 2.78. The van der Waals surface area contributed by atoms with Crippen molar-refractivity contribution in [2.75, 3.05) is 26.6 Å². The third-order valence-electron chi connectivity index (χ3n) is 4.34. The summed E-state index contributed by atoms with van der Waals surface area (Å²) in [5.41, 5.74) is 3.12. The van der Waals surface area contributed by atoms with Gasteiger partial charge in [-0.3, -0.25) is 4.98 Å². The van der Waals surface area contributed by atoms with Crippen LogP contribution in [0.25, 0.3) is 17.2 Å². The van der Waals surface area contributed by atoms with Crippen LogP contribution in [0.15, 0.2) is 42.6 Å². The monoisotopic (exact) mass is 392 g/mol. The number of hydrogen-bond acceptors (Lipinski definition) is 8. The fraction of sp³-hybridized carbons (Fsp3) is 0.200. The lowest BCUT2D eigenvalue weighted by Gasteiger charge is -2.14. The number of methoxy groups -OCH3 is 3. The fourth-order valence-electron chi connectivity index (χ4n) is 2.92. The van der Waals surface area contributed by atoms with Crippen molar-refractivity contribution in [2.45, 2.75) is 6.92 Å². The molecule has 3 aromatic heterocycles. The summed E-state index contributed by atoms with van der Waals surface area (Å²) in [4.78, 5) is 4.42. The predicted octanol–water partition coefficient (Wildman–Crippen LogP) is 3.26. The zero-order valence-electron chi connectivity index (χ0n) is 16.5. The first-order valence-corrected chi connectivity index (χ1v) is 8.85. The Morgan fingerprint density at radius 2 is 1.66 bits per heavy atom. The normalized spacial score (nSPS) is 10.8. The Morgan fingerprint density at radius 3 is 2.28 bits per heavy atom. The standard InChI is InChI=1S/C20H20N6O3/c1-12-5-6-14(21-11-12)20-24-23-18-8-7-17(25-26(18)20)22-13-9-15(27-2)19(29-4)16(10-13)28-3/h5-11H,1-4H3,(H,22,25). The third kappa shape index (κ3) is 3.49. The Balaban J connectivity index is 1.72. The first kappa shape index (κ1) is 18.5. The lowest BCUT2D eigenvalue weighted by molar-refractivity contribution is 0.324. The van der Waals surface area contributed by atoms with Crippen LogP contribution in [0, 0.1) is 6.92 Å². The molecule has 0 unspecified atom stereocenters. The van der Waals surface area contributed by atoms with E-state index in [1.807, 2.05) is 43.3 Å². The van der Waals surface area contributed by atoms with E-state index < -0.39 is 0 Å². The highest BCUT2D eigenvalue weighted by Crippen LogP contribution is 2.40. The van der Waals surface area contributed by atoms with Gasteiger partial charge in [-0.1, -0.05) is 6.07 Å². The van der Waals surface area contributed by atoms with Gasteiger partial charge in [0.25, 0.3) is 0 Å². The highest BCUT2D eigenvalue weighted by molar-refractivity contribution is 5.67. The highest BCUT2D eigenvalue weighted by atomic mass is 16.5. The van der Waals surface area contributed by atoms with Crippen LogP contribution in [0.4, 0.5) is 11.5 Å². The number of aryl methyl sites for hydroxylation is 1. The van der Waals surface area contributed by atoms with Gasteiger partial charge in [-0.05, 0) is 30.7 Å². The van der Waals surface area contributed by atoms with E-state index in [1.165, 1.54) is 0 Å². The molecule has 9 nitrogen and oxygen atoms in total. The highest BCUT2D eigenvalue weighted by Gasteiger charge is 2.15. The van der Waals surface area contributed by atoms with Crippen molar-refractivity contribution in [1.82, 2.24) is 24.8 Å². The number of pyridine rings is 1. The molecule has 0 bridgehead atoms. The molecule has 4 aromatic rings. The van der Waals surface area contributed by atoms with Crippen molar-refractivity contribution in [2.24, 2.45) is 0 Å². The second kappa shape index (κ2) is 7.63. The minimum Gasteiger partial charge on any atom is -0.493 e. The first-order chi connectivity index (χ1) is 14.1. The maximum atomic E-state index is 5.40. The molecule has 0 spiro atoms. The average Bonchev–Trinajstić information content (AvgIpc) is 3.16. The number of hydrogen-bond donors (Lipinski definition) is 1. The Kier molecular flexibility index (Phi) is 4.86. The molecular weight excluding hydrogens is 372 g/mol. The van der Waals surface area contributed by atoms with E-state index in [1.54, 1.807) is 32.0 Å². The van der Waals surface area contributed by atoms with Gasteiger partial charge in [0.2, 0.25) is 11.6 Å². The molecule has 0 fully saturated rings. The molecule has 0 atom stereocenters. The topological polar surface area (TPSA) is 95.7 Å². The van der Waals surface area contributed by atoms with E-state index in [2.05, 4.69) is 25.6 Å². The molecule has 29 heavy (non-hydrogen) atoms. The maximum Gasteiger partial charge on any atom is 0.203 e. The molecule has 0 amide bonds. The molecule has 148 valence electrons. The van der Waals surface area contributed by atoms with Crippen molar-refractivity contribution >= 4 is 17.2 Å². The number of nitrogens with one attached hydrogen (secondary N) is 1. The molecule has 4 rings (SSSR count). The molecule has 0 aliphatic rings. The summed E-state index contributed by atoms with van der Waals surface area (Å²) in [7, 11) is 4.71. The van der Waals surface area contributed by atoms with Gasteiger partial charge < -0.3 is 19.5 Å². The summed E-state index contributed by atoms with van der Waals surface area (Å²) in [6.45, 7) is 1.98. The zero-order chi connectivity index (χ0) is 20.4.